The summed E-state index contributed by atoms with van der Waals surface area (Å²) in [5, 5.41) is 5.50. The van der Waals surface area contributed by atoms with Crippen LogP contribution >= 0.6 is 0 Å². The van der Waals surface area contributed by atoms with E-state index < -0.39 is 0 Å². The Hall–Kier alpha value is -1.95. The molecule has 1 aromatic rings. The molecule has 0 bridgehead atoms. The van der Waals surface area contributed by atoms with Crippen LogP contribution in [0.15, 0.2) is 18.3 Å². The zero-order valence-electron chi connectivity index (χ0n) is 12.0. The molecule has 0 aliphatic rings. The third-order valence-electron chi connectivity index (χ3n) is 2.95. The van der Waals surface area contributed by atoms with Gasteiger partial charge in [-0.25, -0.2) is 0 Å². The number of aromatic nitrogens is 1. The van der Waals surface area contributed by atoms with Crippen LogP contribution < -0.4 is 16.4 Å². The lowest BCUT2D eigenvalue weighted by molar-refractivity contribution is -0.121. The summed E-state index contributed by atoms with van der Waals surface area (Å²) in [6, 6.07) is 3.54. The molecule has 1 atom stereocenters. The van der Waals surface area contributed by atoms with E-state index in [4.69, 9.17) is 5.73 Å². The molecule has 1 aromatic heterocycles. The number of amides is 2. The van der Waals surface area contributed by atoms with Gasteiger partial charge in [0.15, 0.2) is 0 Å². The summed E-state index contributed by atoms with van der Waals surface area (Å²) in [7, 11) is 0. The molecular formula is C14H22N4O2. The number of carbonyl (C=O) groups excluding carboxylic acids is 2. The van der Waals surface area contributed by atoms with Crippen LogP contribution in [0, 0.1) is 0 Å². The molecule has 0 saturated heterocycles. The van der Waals surface area contributed by atoms with E-state index in [-0.39, 0.29) is 24.3 Å². The number of nitrogens with one attached hydrogen (secondary N) is 2. The first-order valence-electron chi connectivity index (χ1n) is 6.79. The van der Waals surface area contributed by atoms with Gasteiger partial charge in [-0.15, -0.1) is 0 Å². The van der Waals surface area contributed by atoms with Crippen molar-refractivity contribution in [1.82, 2.24) is 15.6 Å². The molecule has 0 fully saturated rings. The maximum Gasteiger partial charge on any atom is 0.269 e. The minimum absolute atomic E-state index is 0.0638. The van der Waals surface area contributed by atoms with E-state index in [1.807, 2.05) is 13.8 Å². The maximum absolute atomic E-state index is 11.8. The molecule has 1 unspecified atom stereocenters. The van der Waals surface area contributed by atoms with Crippen molar-refractivity contribution in [3.63, 3.8) is 0 Å². The number of pyridine rings is 1. The Morgan fingerprint density at radius 3 is 2.70 bits per heavy atom. The number of carbonyl (C=O) groups is 2. The molecule has 4 N–H and O–H groups in total. The second-order valence-electron chi connectivity index (χ2n) is 4.64. The molecule has 6 nitrogen and oxygen atoms in total. The molecular weight excluding hydrogens is 256 g/mol. The lowest BCUT2D eigenvalue weighted by Crippen LogP contribution is -2.35. The first-order chi connectivity index (χ1) is 9.56. The van der Waals surface area contributed by atoms with Gasteiger partial charge in [-0.1, -0.05) is 13.0 Å². The third kappa shape index (κ3) is 5.36. The fourth-order valence-corrected chi connectivity index (χ4v) is 1.51. The molecule has 20 heavy (non-hydrogen) atoms. The van der Waals surface area contributed by atoms with Crippen molar-refractivity contribution in [2.24, 2.45) is 5.73 Å². The van der Waals surface area contributed by atoms with Gasteiger partial charge in [-0.05, 0) is 25.0 Å². The van der Waals surface area contributed by atoms with Crippen LogP contribution in [0.4, 0.5) is 0 Å². The van der Waals surface area contributed by atoms with Crippen molar-refractivity contribution in [2.75, 3.05) is 6.54 Å². The Kier molecular flexibility index (Phi) is 6.66. The average Bonchev–Trinajstić information content (AvgIpc) is 2.47. The third-order valence-corrected chi connectivity index (χ3v) is 2.95. The predicted octanol–water partition coefficient (Wildman–Crippen LogP) is 0.575. The molecule has 0 aromatic carbocycles. The van der Waals surface area contributed by atoms with E-state index in [1.165, 1.54) is 0 Å². The zero-order chi connectivity index (χ0) is 15.0. The summed E-state index contributed by atoms with van der Waals surface area (Å²) in [5.74, 6) is -0.351. The largest absolute Gasteiger partial charge is 0.354 e. The molecule has 0 saturated carbocycles. The number of rotatable bonds is 7. The van der Waals surface area contributed by atoms with Crippen molar-refractivity contribution in [1.29, 1.82) is 0 Å². The van der Waals surface area contributed by atoms with E-state index in [0.717, 1.165) is 12.0 Å². The number of nitrogens with zero attached hydrogens (tertiary/aromatic N) is 1. The van der Waals surface area contributed by atoms with E-state index in [2.05, 4.69) is 15.6 Å². The van der Waals surface area contributed by atoms with E-state index in [1.54, 1.807) is 18.3 Å². The van der Waals surface area contributed by atoms with Gasteiger partial charge >= 0.3 is 0 Å². The molecule has 1 heterocycles. The van der Waals surface area contributed by atoms with Crippen molar-refractivity contribution >= 4 is 11.8 Å². The monoisotopic (exact) mass is 278 g/mol. The Bertz CT molecular complexity index is 445. The fourth-order valence-electron chi connectivity index (χ4n) is 1.51. The Labute approximate surface area is 119 Å². The van der Waals surface area contributed by atoms with E-state index in [9.17, 15) is 9.59 Å². The molecule has 0 radical (unpaired) electrons. The van der Waals surface area contributed by atoms with Crippen molar-refractivity contribution in [3.05, 3.63) is 29.6 Å². The number of hydrogen-bond donors (Lipinski definition) is 3. The van der Waals surface area contributed by atoms with Crippen LogP contribution in [-0.4, -0.2) is 29.4 Å². The molecule has 0 spiro atoms. The second-order valence-corrected chi connectivity index (χ2v) is 4.64. The smallest absolute Gasteiger partial charge is 0.269 e. The highest BCUT2D eigenvalue weighted by molar-refractivity contribution is 5.92. The van der Waals surface area contributed by atoms with E-state index in [0.29, 0.717) is 18.8 Å². The zero-order valence-corrected chi connectivity index (χ0v) is 12.0. The van der Waals surface area contributed by atoms with Crippen LogP contribution in [0.1, 0.15) is 42.7 Å². The maximum atomic E-state index is 11.8. The Morgan fingerprint density at radius 2 is 2.15 bits per heavy atom. The van der Waals surface area contributed by atoms with Crippen LogP contribution in [0.5, 0.6) is 0 Å². The molecule has 1 rings (SSSR count). The summed E-state index contributed by atoms with van der Waals surface area (Å²) in [6.07, 6.45) is 2.72. The highest BCUT2D eigenvalue weighted by Gasteiger charge is 2.09. The molecule has 2 amide bonds. The normalized spacial score (nSPS) is 11.8. The van der Waals surface area contributed by atoms with E-state index >= 15 is 0 Å². The molecule has 110 valence electrons. The van der Waals surface area contributed by atoms with Crippen molar-refractivity contribution in [3.8, 4) is 0 Å². The standard InChI is InChI=1S/C14H22N4O2/c1-3-10(2)18-13(19)6-7-16-14(20)12-5-4-11(8-15)9-17-12/h4-5,9-10H,3,6-8,15H2,1-2H3,(H,16,20)(H,18,19). The summed E-state index contributed by atoms with van der Waals surface area (Å²) < 4.78 is 0. The van der Waals surface area contributed by atoms with Gasteiger partial charge in [0, 0.05) is 31.7 Å². The van der Waals surface area contributed by atoms with Crippen molar-refractivity contribution in [2.45, 2.75) is 39.3 Å². The lowest BCUT2D eigenvalue weighted by atomic mass is 10.2. The highest BCUT2D eigenvalue weighted by Crippen LogP contribution is 1.99. The average molecular weight is 278 g/mol. The first-order valence-corrected chi connectivity index (χ1v) is 6.79. The number of nitrogens with two attached hydrogens (primary N) is 1. The van der Waals surface area contributed by atoms with Gasteiger partial charge < -0.3 is 16.4 Å². The quantitative estimate of drug-likeness (QED) is 0.679. The second kappa shape index (κ2) is 8.27. The highest BCUT2D eigenvalue weighted by atomic mass is 16.2. The summed E-state index contributed by atoms with van der Waals surface area (Å²) in [5.41, 5.74) is 6.65. The topological polar surface area (TPSA) is 97.1 Å². The number of hydrogen-bond acceptors (Lipinski definition) is 4. The van der Waals surface area contributed by atoms with Gasteiger partial charge in [0.2, 0.25) is 5.91 Å². The van der Waals surface area contributed by atoms with Gasteiger partial charge in [-0.3, -0.25) is 14.6 Å². The van der Waals surface area contributed by atoms with Crippen LogP contribution in [0.25, 0.3) is 0 Å². The van der Waals surface area contributed by atoms with Gasteiger partial charge in [0.05, 0.1) is 0 Å². The van der Waals surface area contributed by atoms with Gasteiger partial charge in [0.25, 0.3) is 5.91 Å². The molecule has 0 aliphatic heterocycles. The Morgan fingerprint density at radius 1 is 1.40 bits per heavy atom. The first kappa shape index (κ1) is 16.1. The van der Waals surface area contributed by atoms with Gasteiger partial charge in [0.1, 0.15) is 5.69 Å². The summed E-state index contributed by atoms with van der Waals surface area (Å²) in [4.78, 5) is 27.3. The minimum Gasteiger partial charge on any atom is -0.354 e. The van der Waals surface area contributed by atoms with Gasteiger partial charge in [-0.2, -0.15) is 0 Å². The lowest BCUT2D eigenvalue weighted by Gasteiger charge is -2.11. The predicted molar refractivity (Wildman–Crippen MR) is 77.0 cm³/mol. The summed E-state index contributed by atoms with van der Waals surface area (Å²) >= 11 is 0. The molecule has 0 aliphatic carbocycles. The van der Waals surface area contributed by atoms with Crippen LogP contribution in [-0.2, 0) is 11.3 Å². The van der Waals surface area contributed by atoms with Crippen molar-refractivity contribution < 1.29 is 9.59 Å². The Balaban J connectivity index is 2.34. The SMILES string of the molecule is CCC(C)NC(=O)CCNC(=O)c1ccc(CN)cn1. The minimum atomic E-state index is -0.287. The summed E-state index contributed by atoms with van der Waals surface area (Å²) in [6.45, 7) is 4.63. The van der Waals surface area contributed by atoms with Crippen LogP contribution in [0.3, 0.4) is 0 Å². The fraction of sp³-hybridized carbons (Fsp3) is 0.500. The molecule has 6 heteroatoms. The van der Waals surface area contributed by atoms with Crippen LogP contribution in [0.2, 0.25) is 0 Å².